The van der Waals surface area contributed by atoms with Crippen LogP contribution in [0, 0.1) is 0 Å². The molecular weight excluding hydrogens is 565 g/mol. The van der Waals surface area contributed by atoms with Gasteiger partial charge in [0.2, 0.25) is 0 Å². The number of hydrogen-bond donors (Lipinski definition) is 0. The molecule has 9 heteroatoms. The Morgan fingerprint density at radius 2 is 1.30 bits per heavy atom. The zero-order chi connectivity index (χ0) is 32.1. The molecule has 0 amide bonds. The number of allylic oxidation sites excluding steroid dienone is 4. The van der Waals surface area contributed by atoms with Crippen molar-refractivity contribution in [1.29, 1.82) is 0 Å². The Morgan fingerprint density at radius 3 is 1.95 bits per heavy atom. The number of esters is 1. The molecule has 0 aliphatic heterocycles. The Hall–Kier alpha value is -1.02. The minimum Gasteiger partial charge on any atom is -0.756 e. The maximum atomic E-state index is 12.4. The second-order valence-electron chi connectivity index (χ2n) is 12.5. The normalized spacial score (nSPS) is 14.5. The van der Waals surface area contributed by atoms with Crippen LogP contribution < -0.4 is 4.89 Å². The van der Waals surface area contributed by atoms with E-state index in [1.54, 1.807) is 0 Å². The molecule has 0 bridgehead atoms. The first-order valence-corrected chi connectivity index (χ1v) is 18.5. The molecule has 2 unspecified atom stereocenters. The van der Waals surface area contributed by atoms with E-state index >= 15 is 0 Å². The van der Waals surface area contributed by atoms with Crippen molar-refractivity contribution in [1.82, 2.24) is 0 Å². The third-order valence-electron chi connectivity index (χ3n) is 7.01. The van der Waals surface area contributed by atoms with E-state index < -0.39 is 13.9 Å². The van der Waals surface area contributed by atoms with Crippen LogP contribution in [0.3, 0.4) is 0 Å². The van der Waals surface area contributed by atoms with Crippen molar-refractivity contribution in [3.05, 3.63) is 24.3 Å². The minimum absolute atomic E-state index is 0.0246. The minimum atomic E-state index is -4.50. The molecule has 0 radical (unpaired) electrons. The molecule has 0 aromatic carbocycles. The third-order valence-corrected chi connectivity index (χ3v) is 7.97. The lowest BCUT2D eigenvalue weighted by atomic mass is 10.1. The SMILES string of the molecule is CCCC/C=C\C/C=C\CCCCCCCCOCC(COP(=O)([O-])OCC[N+](C)(C)C)OC(=O)CCCCCCCC. The molecular formula is C34H66NO7P. The van der Waals surface area contributed by atoms with Crippen LogP contribution in [-0.4, -0.2) is 70.7 Å². The number of likely N-dealkylation sites (N-methyl/N-ethyl adjacent to an activating group) is 1. The smallest absolute Gasteiger partial charge is 0.306 e. The number of unbranched alkanes of at least 4 members (excludes halogenated alkanes) is 13. The van der Waals surface area contributed by atoms with Crippen molar-refractivity contribution in [2.24, 2.45) is 0 Å². The Balaban J connectivity index is 4.26. The van der Waals surface area contributed by atoms with Crippen molar-refractivity contribution < 1.29 is 37.3 Å². The number of phosphoric ester groups is 1. The zero-order valence-corrected chi connectivity index (χ0v) is 29.3. The van der Waals surface area contributed by atoms with E-state index in [0.29, 0.717) is 24.1 Å². The Labute approximate surface area is 264 Å². The molecule has 0 N–H and O–H groups in total. The standard InChI is InChI=1S/C34H66NO7P/c1-6-8-10-12-14-15-16-17-18-19-20-21-22-24-26-29-39-31-33(42-34(36)27-25-23-13-11-9-7-2)32-41-43(37,38)40-30-28-35(3,4)5/h12,14,16-17,33H,6-11,13,15,18-32H2,1-5H3/b14-12-,17-16-. The highest BCUT2D eigenvalue weighted by molar-refractivity contribution is 7.45. The van der Waals surface area contributed by atoms with Crippen molar-refractivity contribution in [3.63, 3.8) is 0 Å². The first-order chi connectivity index (χ1) is 20.6. The molecule has 2 atom stereocenters. The summed E-state index contributed by atoms with van der Waals surface area (Å²) < 4.78 is 34.2. The van der Waals surface area contributed by atoms with Crippen LogP contribution >= 0.6 is 7.82 Å². The number of nitrogens with zero attached hydrogens (tertiary/aromatic N) is 1. The van der Waals surface area contributed by atoms with Crippen molar-refractivity contribution in [2.75, 3.05) is 54.1 Å². The molecule has 0 saturated carbocycles. The van der Waals surface area contributed by atoms with Gasteiger partial charge in [-0.15, -0.1) is 0 Å². The van der Waals surface area contributed by atoms with Gasteiger partial charge in [0, 0.05) is 13.0 Å². The lowest BCUT2D eigenvalue weighted by molar-refractivity contribution is -0.870. The molecule has 0 fully saturated rings. The van der Waals surface area contributed by atoms with Gasteiger partial charge in [-0.25, -0.2) is 0 Å². The summed E-state index contributed by atoms with van der Waals surface area (Å²) >= 11 is 0. The summed E-state index contributed by atoms with van der Waals surface area (Å²) in [5, 5.41) is 0. The first kappa shape index (κ1) is 42.0. The van der Waals surface area contributed by atoms with Gasteiger partial charge < -0.3 is 27.9 Å². The largest absolute Gasteiger partial charge is 0.756 e. The highest BCUT2D eigenvalue weighted by Crippen LogP contribution is 2.38. The highest BCUT2D eigenvalue weighted by atomic mass is 31.2. The summed E-state index contributed by atoms with van der Waals surface area (Å²) in [5.74, 6) is -0.349. The van der Waals surface area contributed by atoms with E-state index in [4.69, 9.17) is 18.5 Å². The van der Waals surface area contributed by atoms with E-state index in [0.717, 1.165) is 51.4 Å². The number of hydrogen-bond acceptors (Lipinski definition) is 7. The molecule has 0 aliphatic rings. The van der Waals surface area contributed by atoms with Crippen LogP contribution in [0.15, 0.2) is 24.3 Å². The molecule has 0 heterocycles. The van der Waals surface area contributed by atoms with Gasteiger partial charge in [-0.2, -0.15) is 0 Å². The van der Waals surface area contributed by atoms with Gasteiger partial charge in [-0.3, -0.25) is 9.36 Å². The zero-order valence-electron chi connectivity index (χ0n) is 28.4. The summed E-state index contributed by atoms with van der Waals surface area (Å²) in [6.45, 7) is 5.26. The first-order valence-electron chi connectivity index (χ1n) is 17.1. The number of phosphoric acid groups is 1. The van der Waals surface area contributed by atoms with Gasteiger partial charge in [0.05, 0.1) is 34.4 Å². The van der Waals surface area contributed by atoms with Crippen LogP contribution in [0.5, 0.6) is 0 Å². The van der Waals surface area contributed by atoms with Gasteiger partial charge in [0.15, 0.2) is 0 Å². The van der Waals surface area contributed by atoms with Gasteiger partial charge in [-0.1, -0.05) is 109 Å². The fourth-order valence-corrected chi connectivity index (χ4v) is 4.99. The van der Waals surface area contributed by atoms with Gasteiger partial charge in [0.1, 0.15) is 19.3 Å². The predicted octanol–water partition coefficient (Wildman–Crippen LogP) is 8.30. The number of ether oxygens (including phenoxy) is 2. The summed E-state index contributed by atoms with van der Waals surface area (Å²) in [7, 11) is 1.34. The van der Waals surface area contributed by atoms with E-state index in [9.17, 15) is 14.3 Å². The summed E-state index contributed by atoms with van der Waals surface area (Å²) in [6, 6.07) is 0. The molecule has 0 aromatic heterocycles. The molecule has 254 valence electrons. The Kier molecular flexibility index (Phi) is 27.8. The maximum Gasteiger partial charge on any atom is 0.306 e. The van der Waals surface area contributed by atoms with Crippen LogP contribution in [0.25, 0.3) is 0 Å². The second-order valence-corrected chi connectivity index (χ2v) is 13.9. The lowest BCUT2D eigenvalue weighted by Crippen LogP contribution is -2.37. The highest BCUT2D eigenvalue weighted by Gasteiger charge is 2.20. The maximum absolute atomic E-state index is 12.4. The van der Waals surface area contributed by atoms with Crippen LogP contribution in [0.2, 0.25) is 0 Å². The summed E-state index contributed by atoms with van der Waals surface area (Å²) in [5.41, 5.74) is 0. The quantitative estimate of drug-likeness (QED) is 0.0250. The topological polar surface area (TPSA) is 94.1 Å². The van der Waals surface area contributed by atoms with Crippen molar-refractivity contribution >= 4 is 13.8 Å². The van der Waals surface area contributed by atoms with E-state index in [2.05, 4.69) is 38.2 Å². The summed E-state index contributed by atoms with van der Waals surface area (Å²) in [4.78, 5) is 24.6. The van der Waals surface area contributed by atoms with Crippen molar-refractivity contribution in [2.45, 2.75) is 136 Å². The van der Waals surface area contributed by atoms with Gasteiger partial charge in [0.25, 0.3) is 7.82 Å². The Bertz CT molecular complexity index is 752. The average molecular weight is 632 g/mol. The number of rotatable bonds is 31. The Morgan fingerprint density at radius 1 is 0.721 bits per heavy atom. The number of quaternary nitrogens is 1. The van der Waals surface area contributed by atoms with E-state index in [1.165, 1.54) is 57.8 Å². The monoisotopic (exact) mass is 631 g/mol. The second kappa shape index (κ2) is 28.5. The molecule has 0 aromatic rings. The molecule has 8 nitrogen and oxygen atoms in total. The molecule has 0 spiro atoms. The average Bonchev–Trinajstić information content (AvgIpc) is 2.94. The van der Waals surface area contributed by atoms with Crippen LogP contribution in [0.4, 0.5) is 0 Å². The van der Waals surface area contributed by atoms with Crippen molar-refractivity contribution in [3.8, 4) is 0 Å². The molecule has 43 heavy (non-hydrogen) atoms. The van der Waals surface area contributed by atoms with Gasteiger partial charge in [-0.05, 0) is 38.5 Å². The fraction of sp³-hybridized carbons (Fsp3) is 0.853. The molecule has 0 rings (SSSR count). The van der Waals surface area contributed by atoms with E-state index in [1.807, 2.05) is 21.1 Å². The number of carbonyl (C=O) groups is 1. The lowest BCUT2D eigenvalue weighted by Gasteiger charge is -2.28. The molecule has 0 aliphatic carbocycles. The molecule has 0 saturated heterocycles. The van der Waals surface area contributed by atoms with Crippen LogP contribution in [0.1, 0.15) is 129 Å². The predicted molar refractivity (Wildman–Crippen MR) is 176 cm³/mol. The fourth-order valence-electron chi connectivity index (χ4n) is 4.27. The van der Waals surface area contributed by atoms with E-state index in [-0.39, 0.29) is 25.8 Å². The van der Waals surface area contributed by atoms with Crippen LogP contribution in [-0.2, 0) is 27.9 Å². The number of carbonyl (C=O) groups excluding carboxylic acids is 1. The summed E-state index contributed by atoms with van der Waals surface area (Å²) in [6.07, 6.45) is 27.8. The van der Waals surface area contributed by atoms with Gasteiger partial charge >= 0.3 is 5.97 Å². The third kappa shape index (κ3) is 32.2.